The van der Waals surface area contributed by atoms with E-state index in [0.717, 1.165) is 21.3 Å². The van der Waals surface area contributed by atoms with Crippen LogP contribution < -0.4 is 5.32 Å². The molecule has 0 aliphatic heterocycles. The standard InChI is InChI=1S/C20H17F3N2O2S/c1-12-10-13(6-8-20(21,22)23)2-4-15(12)19(27)24-14-3-5-17-16(11-14)25-18(28-17)7-9-26/h2-6,8,10-11,26H,7,9H2,1H3,(H,24,27). The molecule has 8 heteroatoms. The van der Waals surface area contributed by atoms with E-state index in [-0.39, 0.29) is 18.6 Å². The number of thiazole rings is 1. The molecule has 2 aromatic carbocycles. The van der Waals surface area contributed by atoms with Crippen molar-refractivity contribution in [3.63, 3.8) is 0 Å². The second-order valence-electron chi connectivity index (χ2n) is 6.17. The normalized spacial score (nSPS) is 12.0. The minimum Gasteiger partial charge on any atom is -0.396 e. The van der Waals surface area contributed by atoms with Crippen LogP contribution in [0.15, 0.2) is 42.5 Å². The van der Waals surface area contributed by atoms with Gasteiger partial charge in [-0.2, -0.15) is 13.2 Å². The molecule has 0 spiro atoms. The van der Waals surface area contributed by atoms with E-state index in [0.29, 0.717) is 28.8 Å². The number of allylic oxidation sites excluding steroid dienone is 1. The lowest BCUT2D eigenvalue weighted by Crippen LogP contribution is -2.13. The number of aromatic nitrogens is 1. The smallest absolute Gasteiger partial charge is 0.396 e. The SMILES string of the molecule is Cc1cc(C=CC(F)(F)F)ccc1C(=O)Nc1ccc2sc(CCO)nc2c1. The van der Waals surface area contributed by atoms with Gasteiger partial charge in [0.25, 0.3) is 5.91 Å². The molecule has 0 saturated heterocycles. The van der Waals surface area contributed by atoms with Crippen molar-refractivity contribution in [3.8, 4) is 0 Å². The second kappa shape index (κ2) is 8.12. The summed E-state index contributed by atoms with van der Waals surface area (Å²) in [6.07, 6.45) is -2.77. The van der Waals surface area contributed by atoms with Crippen LogP contribution in [0.3, 0.4) is 0 Å². The van der Waals surface area contributed by atoms with Gasteiger partial charge in [0.15, 0.2) is 0 Å². The summed E-state index contributed by atoms with van der Waals surface area (Å²) < 4.78 is 37.8. The van der Waals surface area contributed by atoms with Crippen LogP contribution in [0.2, 0.25) is 0 Å². The molecule has 0 bridgehead atoms. The Morgan fingerprint density at radius 2 is 2.04 bits per heavy atom. The number of hydrogen-bond donors (Lipinski definition) is 2. The molecular formula is C20H17F3N2O2S. The molecule has 0 saturated carbocycles. The summed E-state index contributed by atoms with van der Waals surface area (Å²) in [4.78, 5) is 17.0. The number of hydrogen-bond acceptors (Lipinski definition) is 4. The van der Waals surface area contributed by atoms with Crippen LogP contribution in [0, 0.1) is 6.92 Å². The Morgan fingerprint density at radius 1 is 1.25 bits per heavy atom. The number of nitrogens with one attached hydrogen (secondary N) is 1. The van der Waals surface area contributed by atoms with Crippen LogP contribution in [0.5, 0.6) is 0 Å². The number of halogens is 3. The average Bonchev–Trinajstić information content (AvgIpc) is 3.01. The minimum absolute atomic E-state index is 0.0246. The molecule has 0 radical (unpaired) electrons. The fourth-order valence-corrected chi connectivity index (χ4v) is 3.63. The zero-order valence-electron chi connectivity index (χ0n) is 14.9. The molecule has 0 fully saturated rings. The highest BCUT2D eigenvalue weighted by atomic mass is 32.1. The van der Waals surface area contributed by atoms with Gasteiger partial charge in [0, 0.05) is 30.4 Å². The lowest BCUT2D eigenvalue weighted by Gasteiger charge is -2.09. The van der Waals surface area contributed by atoms with Gasteiger partial charge in [-0.1, -0.05) is 18.2 Å². The molecular weight excluding hydrogens is 389 g/mol. The zero-order valence-corrected chi connectivity index (χ0v) is 15.7. The molecule has 0 atom stereocenters. The van der Waals surface area contributed by atoms with E-state index < -0.39 is 6.18 Å². The second-order valence-corrected chi connectivity index (χ2v) is 7.28. The number of rotatable bonds is 5. The summed E-state index contributed by atoms with van der Waals surface area (Å²) in [5.74, 6) is -0.353. The van der Waals surface area contributed by atoms with Crippen LogP contribution in [-0.2, 0) is 6.42 Å². The molecule has 1 amide bonds. The van der Waals surface area contributed by atoms with Crippen LogP contribution in [0.1, 0.15) is 26.5 Å². The number of aliphatic hydroxyl groups excluding tert-OH is 1. The molecule has 2 N–H and O–H groups in total. The number of anilines is 1. The Kier molecular flexibility index (Phi) is 5.81. The molecule has 28 heavy (non-hydrogen) atoms. The Morgan fingerprint density at radius 3 is 2.71 bits per heavy atom. The summed E-state index contributed by atoms with van der Waals surface area (Å²) in [7, 11) is 0. The van der Waals surface area contributed by atoms with Gasteiger partial charge in [-0.05, 0) is 42.3 Å². The Bertz CT molecular complexity index is 1040. The van der Waals surface area contributed by atoms with Crippen molar-refractivity contribution >= 4 is 39.2 Å². The maximum Gasteiger partial charge on any atom is 0.409 e. The monoisotopic (exact) mass is 406 g/mol. The van der Waals surface area contributed by atoms with Gasteiger partial charge in [-0.25, -0.2) is 4.98 Å². The van der Waals surface area contributed by atoms with E-state index >= 15 is 0 Å². The summed E-state index contributed by atoms with van der Waals surface area (Å²) in [6.45, 7) is 1.70. The summed E-state index contributed by atoms with van der Waals surface area (Å²) in [5.41, 5.74) is 2.62. The number of carbonyl (C=O) groups excluding carboxylic acids is 1. The number of fused-ring (bicyclic) bond motifs is 1. The summed E-state index contributed by atoms with van der Waals surface area (Å²) >= 11 is 1.49. The van der Waals surface area contributed by atoms with Crippen molar-refractivity contribution in [2.45, 2.75) is 19.5 Å². The van der Waals surface area contributed by atoms with Gasteiger partial charge in [-0.15, -0.1) is 11.3 Å². The van der Waals surface area contributed by atoms with Gasteiger partial charge >= 0.3 is 6.18 Å². The predicted octanol–water partition coefficient (Wildman–Crippen LogP) is 4.97. The molecule has 0 unspecified atom stereocenters. The van der Waals surface area contributed by atoms with Crippen molar-refractivity contribution in [2.75, 3.05) is 11.9 Å². The first-order valence-electron chi connectivity index (χ1n) is 8.43. The van der Waals surface area contributed by atoms with Crippen molar-refractivity contribution < 1.29 is 23.1 Å². The molecule has 0 aliphatic rings. The number of carbonyl (C=O) groups is 1. The first kappa shape index (κ1) is 20.0. The fourth-order valence-electron chi connectivity index (χ4n) is 2.69. The molecule has 4 nitrogen and oxygen atoms in total. The maximum absolute atomic E-state index is 12.5. The van der Waals surface area contributed by atoms with Crippen molar-refractivity contribution in [3.05, 3.63) is 64.2 Å². The van der Waals surface area contributed by atoms with Gasteiger partial charge in [0.05, 0.1) is 15.2 Å². The van der Waals surface area contributed by atoms with Crippen LogP contribution in [0.4, 0.5) is 18.9 Å². The van der Waals surface area contributed by atoms with Crippen LogP contribution in [0.25, 0.3) is 16.3 Å². The van der Waals surface area contributed by atoms with Crippen molar-refractivity contribution in [1.82, 2.24) is 4.98 Å². The van der Waals surface area contributed by atoms with Gasteiger partial charge in [0.1, 0.15) is 0 Å². The highest BCUT2D eigenvalue weighted by molar-refractivity contribution is 7.18. The highest BCUT2D eigenvalue weighted by Gasteiger charge is 2.21. The fraction of sp³-hybridized carbons (Fsp3) is 0.200. The molecule has 146 valence electrons. The van der Waals surface area contributed by atoms with E-state index in [2.05, 4.69) is 10.3 Å². The predicted molar refractivity (Wildman–Crippen MR) is 105 cm³/mol. The third-order valence-corrected chi connectivity index (χ3v) is 5.07. The Labute approximate surface area is 163 Å². The number of aliphatic hydroxyl groups is 1. The Balaban J connectivity index is 1.77. The molecule has 3 rings (SSSR count). The van der Waals surface area contributed by atoms with Crippen LogP contribution in [-0.4, -0.2) is 28.8 Å². The van der Waals surface area contributed by atoms with E-state index in [4.69, 9.17) is 5.11 Å². The average molecular weight is 406 g/mol. The highest BCUT2D eigenvalue weighted by Crippen LogP contribution is 2.26. The van der Waals surface area contributed by atoms with Crippen molar-refractivity contribution in [2.24, 2.45) is 0 Å². The van der Waals surface area contributed by atoms with Gasteiger partial charge in [0.2, 0.25) is 0 Å². The van der Waals surface area contributed by atoms with Gasteiger partial charge in [-0.3, -0.25) is 4.79 Å². The first-order chi connectivity index (χ1) is 13.2. The quantitative estimate of drug-likeness (QED) is 0.629. The summed E-state index contributed by atoms with van der Waals surface area (Å²) in [5, 5.41) is 12.6. The zero-order chi connectivity index (χ0) is 20.3. The largest absolute Gasteiger partial charge is 0.409 e. The lowest BCUT2D eigenvalue weighted by atomic mass is 10.0. The van der Waals surface area contributed by atoms with E-state index in [1.165, 1.54) is 29.5 Å². The number of benzene rings is 2. The first-order valence-corrected chi connectivity index (χ1v) is 9.25. The van der Waals surface area contributed by atoms with Crippen molar-refractivity contribution in [1.29, 1.82) is 0 Å². The molecule has 3 aromatic rings. The van der Waals surface area contributed by atoms with E-state index in [1.54, 1.807) is 19.1 Å². The molecule has 1 heterocycles. The maximum atomic E-state index is 12.5. The van der Waals surface area contributed by atoms with E-state index in [9.17, 15) is 18.0 Å². The third-order valence-electron chi connectivity index (χ3n) is 3.98. The third kappa shape index (κ3) is 4.96. The van der Waals surface area contributed by atoms with E-state index in [1.807, 2.05) is 6.07 Å². The lowest BCUT2D eigenvalue weighted by molar-refractivity contribution is -0.0790. The number of aryl methyl sites for hydroxylation is 1. The number of alkyl halides is 3. The topological polar surface area (TPSA) is 62.2 Å². The molecule has 1 aromatic heterocycles. The number of nitrogens with zero attached hydrogens (tertiary/aromatic N) is 1. The molecule has 0 aliphatic carbocycles. The Hall–Kier alpha value is -2.71. The summed E-state index contributed by atoms with van der Waals surface area (Å²) in [6, 6.07) is 9.86. The van der Waals surface area contributed by atoms with Gasteiger partial charge < -0.3 is 10.4 Å². The van der Waals surface area contributed by atoms with Crippen LogP contribution >= 0.6 is 11.3 Å². The minimum atomic E-state index is -4.38. The number of amides is 1.